The summed E-state index contributed by atoms with van der Waals surface area (Å²) in [4.78, 5) is 25.4. The Balaban J connectivity index is 2.03. The lowest BCUT2D eigenvalue weighted by Gasteiger charge is -2.20. The van der Waals surface area contributed by atoms with Gasteiger partial charge in [0.1, 0.15) is 11.1 Å². The van der Waals surface area contributed by atoms with Crippen molar-refractivity contribution in [1.29, 1.82) is 0 Å². The molecule has 0 aromatic heterocycles. The molecule has 21 heavy (non-hydrogen) atoms. The lowest BCUT2D eigenvalue weighted by molar-refractivity contribution is -0.115. The third-order valence-electron chi connectivity index (χ3n) is 3.18. The zero-order valence-electron chi connectivity index (χ0n) is 12.8. The number of carbonyl (C=O) groups excluding carboxylic acids is 2. The summed E-state index contributed by atoms with van der Waals surface area (Å²) >= 11 is 1.61. The summed E-state index contributed by atoms with van der Waals surface area (Å²) in [5, 5.41) is 3.09. The topological polar surface area (TPSA) is 58.6 Å². The summed E-state index contributed by atoms with van der Waals surface area (Å²) in [6.45, 7) is 4.16. The van der Waals surface area contributed by atoms with E-state index >= 15 is 0 Å². The predicted molar refractivity (Wildman–Crippen MR) is 83.7 cm³/mol. The van der Waals surface area contributed by atoms with Crippen LogP contribution in [0, 0.1) is 6.42 Å². The number of hydrogen-bond donors (Lipinski definition) is 1. The highest BCUT2D eigenvalue weighted by molar-refractivity contribution is 8.00. The normalized spacial score (nSPS) is 24.1. The van der Waals surface area contributed by atoms with Gasteiger partial charge in [0.2, 0.25) is 0 Å². The van der Waals surface area contributed by atoms with Gasteiger partial charge < -0.3 is 9.64 Å². The molecule has 1 saturated heterocycles. The van der Waals surface area contributed by atoms with Crippen molar-refractivity contribution >= 4 is 23.6 Å². The molecule has 1 N–H and O–H groups in total. The fourth-order valence-electron chi connectivity index (χ4n) is 2.03. The number of rotatable bonds is 3. The first-order chi connectivity index (χ1) is 9.78. The van der Waals surface area contributed by atoms with E-state index in [4.69, 9.17) is 4.74 Å². The maximum atomic E-state index is 12.5. The number of allylic oxidation sites excluding steroid dienone is 2. The van der Waals surface area contributed by atoms with Crippen molar-refractivity contribution < 1.29 is 14.3 Å². The fraction of sp³-hybridized carbons (Fsp3) is 0.533. The van der Waals surface area contributed by atoms with E-state index in [1.807, 2.05) is 6.42 Å². The summed E-state index contributed by atoms with van der Waals surface area (Å²) < 4.78 is 5.21. The fourth-order valence-corrected chi connectivity index (χ4v) is 3.39. The van der Waals surface area contributed by atoms with Crippen LogP contribution in [0.3, 0.4) is 0 Å². The summed E-state index contributed by atoms with van der Waals surface area (Å²) in [6, 6.07) is 0. The molecule has 1 heterocycles. The molecule has 1 radical (unpaired) electrons. The Kier molecular flexibility index (Phi) is 4.78. The quantitative estimate of drug-likeness (QED) is 0.865. The van der Waals surface area contributed by atoms with Crippen LogP contribution >= 0.6 is 11.8 Å². The molecule has 0 bridgehead atoms. The van der Waals surface area contributed by atoms with Gasteiger partial charge in [0.15, 0.2) is 5.78 Å². The highest BCUT2D eigenvalue weighted by Crippen LogP contribution is 2.30. The second-order valence-electron chi connectivity index (χ2n) is 5.99. The lowest BCUT2D eigenvalue weighted by atomic mass is 9.99. The number of thioether (sulfide) groups is 1. The number of hydrogen-bond acceptors (Lipinski definition) is 5. The van der Waals surface area contributed by atoms with Crippen LogP contribution in [0.5, 0.6) is 0 Å². The molecule has 0 spiro atoms. The van der Waals surface area contributed by atoms with Crippen LogP contribution in [0.4, 0.5) is 4.79 Å². The monoisotopic (exact) mass is 309 g/mol. The number of nitrogens with zero attached hydrogens (tertiary/aromatic N) is 1. The zero-order chi connectivity index (χ0) is 15.6. The Labute approximate surface area is 129 Å². The van der Waals surface area contributed by atoms with Crippen molar-refractivity contribution in [3.05, 3.63) is 29.9 Å². The van der Waals surface area contributed by atoms with E-state index in [0.29, 0.717) is 17.8 Å². The van der Waals surface area contributed by atoms with Crippen LogP contribution in [0.25, 0.3) is 0 Å². The largest absolute Gasteiger partial charge is 0.414 e. The summed E-state index contributed by atoms with van der Waals surface area (Å²) in [5.74, 6) is 1.37. The van der Waals surface area contributed by atoms with Crippen molar-refractivity contribution in [2.75, 3.05) is 19.8 Å². The van der Waals surface area contributed by atoms with Gasteiger partial charge >= 0.3 is 6.09 Å². The Morgan fingerprint density at radius 3 is 2.71 bits per heavy atom. The van der Waals surface area contributed by atoms with Crippen molar-refractivity contribution in [2.45, 2.75) is 31.2 Å². The van der Waals surface area contributed by atoms with Crippen molar-refractivity contribution in [3.63, 3.8) is 0 Å². The zero-order valence-corrected chi connectivity index (χ0v) is 13.6. The van der Waals surface area contributed by atoms with E-state index in [1.54, 1.807) is 38.0 Å². The minimum atomic E-state index is -0.444. The van der Waals surface area contributed by atoms with Gasteiger partial charge in [-0.15, -0.1) is 11.8 Å². The molecule has 115 valence electrons. The van der Waals surface area contributed by atoms with E-state index in [-0.39, 0.29) is 16.7 Å². The SMILES string of the molecule is CN(C)C(=O)OC1=CC[CH]C(C(=O)[C@H]2NC(C)(C)CS2)=C1. The number of nitrogens with one attached hydrogen (secondary N) is 1. The van der Waals surface area contributed by atoms with Gasteiger partial charge in [0.25, 0.3) is 0 Å². The molecule has 1 amide bonds. The van der Waals surface area contributed by atoms with Crippen LogP contribution in [0.1, 0.15) is 20.3 Å². The highest BCUT2D eigenvalue weighted by atomic mass is 32.2. The molecule has 1 aliphatic carbocycles. The molecular weight excluding hydrogens is 288 g/mol. The number of ether oxygens (including phenoxy) is 1. The molecule has 5 nitrogen and oxygen atoms in total. The second kappa shape index (κ2) is 6.23. The van der Waals surface area contributed by atoms with Crippen LogP contribution in [0.2, 0.25) is 0 Å². The first-order valence-corrected chi connectivity index (χ1v) is 7.91. The number of ketones is 1. The van der Waals surface area contributed by atoms with Gasteiger partial charge in [-0.05, 0) is 38.8 Å². The molecular formula is C15H21N2O3S. The van der Waals surface area contributed by atoms with Gasteiger partial charge in [-0.2, -0.15) is 0 Å². The molecule has 1 fully saturated rings. The Morgan fingerprint density at radius 2 is 2.14 bits per heavy atom. The van der Waals surface area contributed by atoms with E-state index in [2.05, 4.69) is 19.2 Å². The highest BCUT2D eigenvalue weighted by Gasteiger charge is 2.36. The molecule has 6 heteroatoms. The van der Waals surface area contributed by atoms with E-state index in [1.165, 1.54) is 4.90 Å². The van der Waals surface area contributed by atoms with Gasteiger partial charge in [-0.3, -0.25) is 10.1 Å². The van der Waals surface area contributed by atoms with Crippen molar-refractivity contribution in [1.82, 2.24) is 10.2 Å². The van der Waals surface area contributed by atoms with Gasteiger partial charge in [0.05, 0.1) is 0 Å². The lowest BCUT2D eigenvalue weighted by Crippen LogP contribution is -2.42. The molecule has 0 unspecified atom stereocenters. The smallest absolute Gasteiger partial charge is 0.411 e. The molecule has 0 aromatic carbocycles. The van der Waals surface area contributed by atoms with E-state index < -0.39 is 6.09 Å². The summed E-state index contributed by atoms with van der Waals surface area (Å²) in [5.41, 5.74) is 0.567. The first kappa shape index (κ1) is 16.1. The van der Waals surface area contributed by atoms with Crippen LogP contribution < -0.4 is 5.32 Å². The molecule has 0 aromatic rings. The third kappa shape index (κ3) is 4.11. The van der Waals surface area contributed by atoms with Crippen LogP contribution in [-0.2, 0) is 9.53 Å². The molecule has 1 aliphatic heterocycles. The van der Waals surface area contributed by atoms with Crippen LogP contribution in [-0.4, -0.2) is 47.5 Å². The average Bonchev–Trinajstić information content (AvgIpc) is 2.78. The third-order valence-corrected chi connectivity index (χ3v) is 4.73. The van der Waals surface area contributed by atoms with Crippen LogP contribution in [0.15, 0.2) is 23.5 Å². The minimum Gasteiger partial charge on any atom is -0.411 e. The Morgan fingerprint density at radius 1 is 1.43 bits per heavy atom. The van der Waals surface area contributed by atoms with Gasteiger partial charge in [-0.1, -0.05) is 0 Å². The number of carbonyl (C=O) groups is 2. The molecule has 2 aliphatic rings. The predicted octanol–water partition coefficient (Wildman–Crippen LogP) is 2.11. The Hall–Kier alpha value is -1.27. The standard InChI is InChI=1S/C15H21N2O3S/c1-15(2)9-21-13(16-15)12(18)10-6-5-7-11(8-10)20-14(19)17(3)4/h6-8,13,16H,5,9H2,1-4H3/t13-/m0/s1. The Bertz CT molecular complexity index is 509. The number of Topliss-reactive ketones (excluding diaryl/α,β-unsaturated/α-hetero) is 1. The van der Waals surface area contributed by atoms with Crippen molar-refractivity contribution in [3.8, 4) is 0 Å². The first-order valence-electron chi connectivity index (χ1n) is 6.86. The van der Waals surface area contributed by atoms with E-state index in [9.17, 15) is 9.59 Å². The van der Waals surface area contributed by atoms with Crippen molar-refractivity contribution in [2.24, 2.45) is 0 Å². The molecule has 2 rings (SSSR count). The summed E-state index contributed by atoms with van der Waals surface area (Å²) in [6.07, 6.45) is 5.44. The van der Waals surface area contributed by atoms with E-state index in [0.717, 1.165) is 5.75 Å². The summed E-state index contributed by atoms with van der Waals surface area (Å²) in [7, 11) is 3.24. The molecule has 0 saturated carbocycles. The van der Waals surface area contributed by atoms with Gasteiger partial charge in [0, 0.05) is 31.0 Å². The van der Waals surface area contributed by atoms with Gasteiger partial charge in [-0.25, -0.2) is 4.79 Å². The maximum absolute atomic E-state index is 12.5. The number of amides is 1. The minimum absolute atomic E-state index is 0.0315. The average molecular weight is 309 g/mol. The second-order valence-corrected chi connectivity index (χ2v) is 7.09. The molecule has 1 atom stereocenters. The maximum Gasteiger partial charge on any atom is 0.414 e.